The van der Waals surface area contributed by atoms with Crippen molar-refractivity contribution >= 4 is 0 Å². The van der Waals surface area contributed by atoms with Gasteiger partial charge >= 0.3 is 6.18 Å². The van der Waals surface area contributed by atoms with Crippen molar-refractivity contribution in [3.05, 3.63) is 59.4 Å². The van der Waals surface area contributed by atoms with Crippen molar-refractivity contribution in [1.29, 1.82) is 0 Å². The number of aromatic nitrogens is 5. The first kappa shape index (κ1) is 20.4. The summed E-state index contributed by atoms with van der Waals surface area (Å²) in [6, 6.07) is 5.19. The lowest BCUT2D eigenvalue weighted by atomic mass is 10.3. The van der Waals surface area contributed by atoms with E-state index in [0.29, 0.717) is 37.6 Å². The highest BCUT2D eigenvalue weighted by molar-refractivity contribution is 5.32. The van der Waals surface area contributed by atoms with E-state index >= 15 is 0 Å². The predicted molar refractivity (Wildman–Crippen MR) is 93.4 cm³/mol. The van der Waals surface area contributed by atoms with E-state index in [-0.39, 0.29) is 19.0 Å². The number of halogens is 5. The molecule has 2 aromatic heterocycles. The molecular formula is C18H17F5N6O. The van der Waals surface area contributed by atoms with Crippen molar-refractivity contribution < 1.29 is 26.7 Å². The molecule has 0 saturated heterocycles. The summed E-state index contributed by atoms with van der Waals surface area (Å²) in [5.74, 6) is -2.73. The Kier molecular flexibility index (Phi) is 5.52. The van der Waals surface area contributed by atoms with Gasteiger partial charge in [-0.3, -0.25) is 4.90 Å². The molecular weight excluding hydrogens is 411 g/mol. The first-order valence-corrected chi connectivity index (χ1v) is 9.10. The van der Waals surface area contributed by atoms with E-state index in [9.17, 15) is 22.0 Å². The number of nitrogens with zero attached hydrogens (tertiary/aromatic N) is 6. The summed E-state index contributed by atoms with van der Waals surface area (Å²) in [6.07, 6.45) is -2.94. The maximum atomic E-state index is 13.3. The molecule has 0 aliphatic carbocycles. The van der Waals surface area contributed by atoms with Crippen molar-refractivity contribution in [1.82, 2.24) is 29.4 Å². The number of fused-ring (bicyclic) bond motifs is 1. The first-order chi connectivity index (χ1) is 14.3. The summed E-state index contributed by atoms with van der Waals surface area (Å²) in [5, 5.41) is 7.75. The molecule has 0 amide bonds. The van der Waals surface area contributed by atoms with Gasteiger partial charge in [-0.1, -0.05) is 0 Å². The van der Waals surface area contributed by atoms with Crippen molar-refractivity contribution in [3.63, 3.8) is 0 Å². The fourth-order valence-corrected chi connectivity index (χ4v) is 3.08. The first-order valence-electron chi connectivity index (χ1n) is 9.10. The highest BCUT2D eigenvalue weighted by atomic mass is 19.4. The minimum atomic E-state index is -4.55. The van der Waals surface area contributed by atoms with Gasteiger partial charge in [-0.25, -0.2) is 23.1 Å². The summed E-state index contributed by atoms with van der Waals surface area (Å²) >= 11 is 0. The fourth-order valence-electron chi connectivity index (χ4n) is 3.08. The molecule has 0 atom stereocenters. The minimum Gasteiger partial charge on any atom is -0.374 e. The van der Waals surface area contributed by atoms with E-state index in [1.807, 2.05) is 4.90 Å². The molecule has 4 rings (SSSR count). The number of rotatable bonds is 6. The van der Waals surface area contributed by atoms with E-state index in [2.05, 4.69) is 15.2 Å². The topological polar surface area (TPSA) is 61.0 Å². The SMILES string of the molecule is Fc1ccc(-n2ccc(COCCN3CCn4nc(C(F)(F)F)nc4C3)n2)cc1F. The van der Waals surface area contributed by atoms with E-state index in [1.54, 1.807) is 12.3 Å². The summed E-state index contributed by atoms with van der Waals surface area (Å²) in [6.45, 7) is 2.20. The summed E-state index contributed by atoms with van der Waals surface area (Å²) in [4.78, 5) is 5.51. The number of alkyl halides is 3. The van der Waals surface area contributed by atoms with Gasteiger partial charge in [0.1, 0.15) is 5.82 Å². The van der Waals surface area contributed by atoms with Crippen LogP contribution in [0.25, 0.3) is 5.69 Å². The van der Waals surface area contributed by atoms with Crippen LogP contribution in [0.2, 0.25) is 0 Å². The molecule has 7 nitrogen and oxygen atoms in total. The maximum absolute atomic E-state index is 13.3. The zero-order valence-corrected chi connectivity index (χ0v) is 15.6. The molecule has 0 bridgehead atoms. The molecule has 0 saturated carbocycles. The van der Waals surface area contributed by atoms with Gasteiger partial charge in [0.2, 0.25) is 0 Å². The van der Waals surface area contributed by atoms with Crippen LogP contribution >= 0.6 is 0 Å². The largest absolute Gasteiger partial charge is 0.453 e. The lowest BCUT2D eigenvalue weighted by molar-refractivity contribution is -0.145. The Balaban J connectivity index is 1.25. The Morgan fingerprint density at radius 3 is 2.63 bits per heavy atom. The number of hydrogen-bond donors (Lipinski definition) is 0. The Morgan fingerprint density at radius 1 is 1.03 bits per heavy atom. The van der Waals surface area contributed by atoms with Crippen LogP contribution in [0.4, 0.5) is 22.0 Å². The van der Waals surface area contributed by atoms with Gasteiger partial charge in [0.15, 0.2) is 11.6 Å². The van der Waals surface area contributed by atoms with Crippen LogP contribution in [0.1, 0.15) is 17.3 Å². The molecule has 12 heteroatoms. The summed E-state index contributed by atoms with van der Waals surface area (Å²) in [7, 11) is 0. The van der Waals surface area contributed by atoms with Gasteiger partial charge in [0.25, 0.3) is 5.82 Å². The van der Waals surface area contributed by atoms with Crippen LogP contribution in [0.5, 0.6) is 0 Å². The highest BCUT2D eigenvalue weighted by Crippen LogP contribution is 2.27. The van der Waals surface area contributed by atoms with Crippen LogP contribution in [0.15, 0.2) is 30.5 Å². The molecule has 0 radical (unpaired) electrons. The second kappa shape index (κ2) is 8.11. The molecule has 0 fully saturated rings. The van der Waals surface area contributed by atoms with E-state index in [4.69, 9.17) is 4.74 Å². The van der Waals surface area contributed by atoms with Crippen molar-refractivity contribution in [3.8, 4) is 5.69 Å². The maximum Gasteiger partial charge on any atom is 0.453 e. The van der Waals surface area contributed by atoms with Crippen molar-refractivity contribution in [2.45, 2.75) is 25.9 Å². The van der Waals surface area contributed by atoms with Gasteiger partial charge in [0, 0.05) is 25.4 Å². The molecule has 1 aliphatic rings. The third-order valence-corrected chi connectivity index (χ3v) is 4.61. The monoisotopic (exact) mass is 428 g/mol. The van der Waals surface area contributed by atoms with Crippen molar-refractivity contribution in [2.24, 2.45) is 0 Å². The summed E-state index contributed by atoms with van der Waals surface area (Å²) < 4.78 is 72.8. The van der Waals surface area contributed by atoms with Crippen LogP contribution in [-0.2, 0) is 30.6 Å². The van der Waals surface area contributed by atoms with Crippen LogP contribution in [0.3, 0.4) is 0 Å². The second-order valence-electron chi connectivity index (χ2n) is 6.75. The summed E-state index contributed by atoms with van der Waals surface area (Å²) in [5.41, 5.74) is 0.990. The fraction of sp³-hybridized carbons (Fsp3) is 0.389. The number of hydrogen-bond acceptors (Lipinski definition) is 5. The quantitative estimate of drug-likeness (QED) is 0.447. The number of benzene rings is 1. The second-order valence-corrected chi connectivity index (χ2v) is 6.75. The van der Waals surface area contributed by atoms with Crippen LogP contribution in [0, 0.1) is 11.6 Å². The van der Waals surface area contributed by atoms with E-state index in [0.717, 1.165) is 12.1 Å². The van der Waals surface area contributed by atoms with Gasteiger partial charge in [-0.05, 0) is 18.2 Å². The predicted octanol–water partition coefficient (Wildman–Crippen LogP) is 2.79. The Morgan fingerprint density at radius 2 is 1.87 bits per heavy atom. The minimum absolute atomic E-state index is 0.207. The molecule has 1 aromatic carbocycles. The Hall–Kier alpha value is -2.86. The number of ether oxygens (including phenoxy) is 1. The molecule has 3 heterocycles. The normalized spacial score (nSPS) is 14.8. The van der Waals surface area contributed by atoms with Crippen LogP contribution in [-0.4, -0.2) is 49.1 Å². The molecule has 0 unspecified atom stereocenters. The molecule has 160 valence electrons. The Bertz CT molecular complexity index is 1030. The molecule has 1 aliphatic heterocycles. The molecule has 0 spiro atoms. The molecule has 0 N–H and O–H groups in total. The van der Waals surface area contributed by atoms with Crippen molar-refractivity contribution in [2.75, 3.05) is 19.7 Å². The third-order valence-electron chi connectivity index (χ3n) is 4.61. The van der Waals surface area contributed by atoms with E-state index in [1.165, 1.54) is 15.4 Å². The standard InChI is InChI=1S/C18H17F5N6O/c19-14-2-1-13(9-15(14)20)28-4-3-12(25-28)11-30-8-7-27-5-6-29-16(10-27)24-17(26-29)18(21,22)23/h1-4,9H,5-8,10-11H2. The smallest absolute Gasteiger partial charge is 0.374 e. The van der Waals surface area contributed by atoms with Gasteiger partial charge in [0.05, 0.1) is 37.7 Å². The lowest BCUT2D eigenvalue weighted by Gasteiger charge is -2.26. The average Bonchev–Trinajstić information content (AvgIpc) is 3.34. The third kappa shape index (κ3) is 4.49. The van der Waals surface area contributed by atoms with E-state index < -0.39 is 23.6 Å². The Labute approximate surface area is 167 Å². The van der Waals surface area contributed by atoms with Gasteiger partial charge in [-0.15, -0.1) is 5.10 Å². The average molecular weight is 428 g/mol. The van der Waals surface area contributed by atoms with Crippen LogP contribution < -0.4 is 0 Å². The zero-order valence-electron chi connectivity index (χ0n) is 15.6. The highest BCUT2D eigenvalue weighted by Gasteiger charge is 2.37. The lowest BCUT2D eigenvalue weighted by Crippen LogP contribution is -2.36. The zero-order chi connectivity index (χ0) is 21.3. The molecule has 3 aromatic rings. The van der Waals surface area contributed by atoms with Gasteiger partial charge in [-0.2, -0.15) is 18.3 Å². The van der Waals surface area contributed by atoms with Gasteiger partial charge < -0.3 is 4.74 Å². The molecule has 30 heavy (non-hydrogen) atoms.